The standard InChI is InChI=1S/C17H26N2O/c1-17(2)11-7-6-9-14(17)16(20)19(3)12-13-8-4-5-10-15(13)18/h4-5,8,10,14H,6-7,9,11-12,18H2,1-3H3. The van der Waals surface area contributed by atoms with Crippen LogP contribution in [0.2, 0.25) is 0 Å². The van der Waals surface area contributed by atoms with Gasteiger partial charge in [-0.15, -0.1) is 0 Å². The van der Waals surface area contributed by atoms with Gasteiger partial charge in [0.15, 0.2) is 0 Å². The van der Waals surface area contributed by atoms with Crippen molar-refractivity contribution in [2.24, 2.45) is 11.3 Å². The monoisotopic (exact) mass is 274 g/mol. The quantitative estimate of drug-likeness (QED) is 0.858. The van der Waals surface area contributed by atoms with E-state index in [1.165, 1.54) is 12.8 Å². The summed E-state index contributed by atoms with van der Waals surface area (Å²) in [6.07, 6.45) is 4.57. The second-order valence-electron chi connectivity index (χ2n) is 6.68. The van der Waals surface area contributed by atoms with E-state index in [4.69, 9.17) is 5.73 Å². The van der Waals surface area contributed by atoms with Crippen LogP contribution in [0, 0.1) is 11.3 Å². The first-order valence-electron chi connectivity index (χ1n) is 7.50. The first kappa shape index (κ1) is 14.9. The lowest BCUT2D eigenvalue weighted by atomic mass is 9.68. The highest BCUT2D eigenvalue weighted by atomic mass is 16.2. The Labute approximate surface area is 122 Å². The zero-order valence-corrected chi connectivity index (χ0v) is 12.9. The third-order valence-corrected chi connectivity index (χ3v) is 4.64. The average Bonchev–Trinajstić information content (AvgIpc) is 2.40. The Morgan fingerprint density at radius 1 is 1.35 bits per heavy atom. The topological polar surface area (TPSA) is 46.3 Å². The Hall–Kier alpha value is -1.51. The predicted molar refractivity (Wildman–Crippen MR) is 83.1 cm³/mol. The largest absolute Gasteiger partial charge is 0.398 e. The molecule has 1 saturated carbocycles. The van der Waals surface area contributed by atoms with Crippen molar-refractivity contribution in [1.82, 2.24) is 4.90 Å². The van der Waals surface area contributed by atoms with E-state index in [0.29, 0.717) is 6.54 Å². The van der Waals surface area contributed by atoms with E-state index < -0.39 is 0 Å². The number of hydrogen-bond donors (Lipinski definition) is 1. The second kappa shape index (κ2) is 5.86. The zero-order valence-electron chi connectivity index (χ0n) is 12.9. The molecule has 2 N–H and O–H groups in total. The second-order valence-corrected chi connectivity index (χ2v) is 6.68. The number of nitrogens with zero attached hydrogens (tertiary/aromatic N) is 1. The normalized spacial score (nSPS) is 21.4. The number of benzene rings is 1. The molecule has 20 heavy (non-hydrogen) atoms. The van der Waals surface area contributed by atoms with Crippen molar-refractivity contribution in [2.75, 3.05) is 12.8 Å². The fraction of sp³-hybridized carbons (Fsp3) is 0.588. The minimum absolute atomic E-state index is 0.117. The Balaban J connectivity index is 2.07. The third kappa shape index (κ3) is 3.14. The van der Waals surface area contributed by atoms with E-state index in [1.807, 2.05) is 36.2 Å². The number of anilines is 1. The fourth-order valence-corrected chi connectivity index (χ4v) is 3.23. The molecule has 0 saturated heterocycles. The molecule has 1 amide bonds. The molecule has 0 bridgehead atoms. The van der Waals surface area contributed by atoms with Crippen LogP contribution in [-0.4, -0.2) is 17.9 Å². The molecule has 0 spiro atoms. The van der Waals surface area contributed by atoms with Gasteiger partial charge in [-0.25, -0.2) is 0 Å². The molecular formula is C17H26N2O. The summed E-state index contributed by atoms with van der Waals surface area (Å²) >= 11 is 0. The maximum absolute atomic E-state index is 12.7. The first-order chi connectivity index (χ1) is 9.42. The Morgan fingerprint density at radius 2 is 2.05 bits per heavy atom. The summed E-state index contributed by atoms with van der Waals surface area (Å²) in [5.74, 6) is 0.407. The number of para-hydroxylation sites is 1. The van der Waals surface area contributed by atoms with Crippen LogP contribution in [0.3, 0.4) is 0 Å². The molecule has 1 aliphatic carbocycles. The number of carbonyl (C=O) groups is 1. The minimum atomic E-state index is 0.117. The fourth-order valence-electron chi connectivity index (χ4n) is 3.23. The van der Waals surface area contributed by atoms with Gasteiger partial charge in [0.05, 0.1) is 0 Å². The molecule has 1 aromatic carbocycles. The highest BCUT2D eigenvalue weighted by molar-refractivity contribution is 5.79. The highest BCUT2D eigenvalue weighted by Crippen LogP contribution is 2.41. The van der Waals surface area contributed by atoms with E-state index in [1.54, 1.807) is 0 Å². The number of carbonyl (C=O) groups excluding carboxylic acids is 1. The molecule has 2 rings (SSSR count). The summed E-state index contributed by atoms with van der Waals surface area (Å²) < 4.78 is 0. The maximum atomic E-state index is 12.7. The van der Waals surface area contributed by atoms with Crippen molar-refractivity contribution in [2.45, 2.75) is 46.1 Å². The molecule has 1 aliphatic rings. The SMILES string of the molecule is CN(Cc1ccccc1N)C(=O)C1CCCCC1(C)C. The van der Waals surface area contributed by atoms with E-state index in [0.717, 1.165) is 24.1 Å². The van der Waals surface area contributed by atoms with E-state index in [2.05, 4.69) is 13.8 Å². The Bertz CT molecular complexity index is 482. The summed E-state index contributed by atoms with van der Waals surface area (Å²) in [7, 11) is 1.89. The lowest BCUT2D eigenvalue weighted by Gasteiger charge is -2.39. The van der Waals surface area contributed by atoms with Gasteiger partial charge in [-0.3, -0.25) is 4.79 Å². The maximum Gasteiger partial charge on any atom is 0.226 e. The number of nitrogens with two attached hydrogens (primary N) is 1. The first-order valence-corrected chi connectivity index (χ1v) is 7.50. The van der Waals surface area contributed by atoms with E-state index in [9.17, 15) is 4.79 Å². The van der Waals surface area contributed by atoms with Crippen LogP contribution in [0.1, 0.15) is 45.1 Å². The van der Waals surface area contributed by atoms with Crippen molar-refractivity contribution in [3.63, 3.8) is 0 Å². The molecule has 0 aromatic heterocycles. The molecule has 0 radical (unpaired) electrons. The lowest BCUT2D eigenvalue weighted by Crippen LogP contribution is -2.41. The minimum Gasteiger partial charge on any atom is -0.398 e. The summed E-state index contributed by atoms with van der Waals surface area (Å²) in [6.45, 7) is 5.04. The van der Waals surface area contributed by atoms with Gasteiger partial charge >= 0.3 is 0 Å². The number of amides is 1. The van der Waals surface area contributed by atoms with Crippen LogP contribution in [0.5, 0.6) is 0 Å². The molecule has 1 unspecified atom stereocenters. The van der Waals surface area contributed by atoms with Crippen LogP contribution in [-0.2, 0) is 11.3 Å². The van der Waals surface area contributed by atoms with Gasteiger partial charge in [0.2, 0.25) is 5.91 Å². The van der Waals surface area contributed by atoms with Crippen LogP contribution in [0.25, 0.3) is 0 Å². The van der Waals surface area contributed by atoms with Gasteiger partial charge in [-0.1, -0.05) is 44.9 Å². The molecule has 3 nitrogen and oxygen atoms in total. The van der Waals surface area contributed by atoms with Gasteiger partial charge in [0.25, 0.3) is 0 Å². The van der Waals surface area contributed by atoms with Crippen molar-refractivity contribution < 1.29 is 4.79 Å². The molecule has 1 aromatic rings. The van der Waals surface area contributed by atoms with Crippen LogP contribution < -0.4 is 5.73 Å². The Kier molecular flexibility index (Phi) is 4.36. The van der Waals surface area contributed by atoms with Gasteiger partial charge in [0, 0.05) is 25.2 Å². The molecule has 0 aliphatic heterocycles. The van der Waals surface area contributed by atoms with Crippen LogP contribution in [0.15, 0.2) is 24.3 Å². The summed E-state index contributed by atoms with van der Waals surface area (Å²) in [4.78, 5) is 14.6. The molecule has 0 heterocycles. The number of nitrogen functional groups attached to an aromatic ring is 1. The zero-order chi connectivity index (χ0) is 14.8. The molecule has 110 valence electrons. The Morgan fingerprint density at radius 3 is 2.70 bits per heavy atom. The summed E-state index contributed by atoms with van der Waals surface area (Å²) in [6, 6.07) is 7.77. The molecule has 1 fully saturated rings. The summed E-state index contributed by atoms with van der Waals surface area (Å²) in [5, 5.41) is 0. The van der Waals surface area contributed by atoms with Gasteiger partial charge in [0.1, 0.15) is 0 Å². The molecule has 3 heteroatoms. The van der Waals surface area contributed by atoms with Crippen molar-refractivity contribution >= 4 is 11.6 Å². The van der Waals surface area contributed by atoms with Crippen molar-refractivity contribution in [1.29, 1.82) is 0 Å². The van der Waals surface area contributed by atoms with Gasteiger partial charge in [-0.05, 0) is 29.9 Å². The van der Waals surface area contributed by atoms with Gasteiger partial charge in [-0.2, -0.15) is 0 Å². The lowest BCUT2D eigenvalue weighted by molar-refractivity contribution is -0.140. The van der Waals surface area contributed by atoms with Crippen LogP contribution >= 0.6 is 0 Å². The van der Waals surface area contributed by atoms with Crippen molar-refractivity contribution in [3.05, 3.63) is 29.8 Å². The number of rotatable bonds is 3. The summed E-state index contributed by atoms with van der Waals surface area (Å²) in [5.41, 5.74) is 7.86. The average molecular weight is 274 g/mol. The van der Waals surface area contributed by atoms with E-state index >= 15 is 0 Å². The highest BCUT2D eigenvalue weighted by Gasteiger charge is 2.38. The smallest absolute Gasteiger partial charge is 0.226 e. The third-order valence-electron chi connectivity index (χ3n) is 4.64. The molecular weight excluding hydrogens is 248 g/mol. The van der Waals surface area contributed by atoms with Gasteiger partial charge < -0.3 is 10.6 Å². The molecule has 1 atom stereocenters. The van der Waals surface area contributed by atoms with E-state index in [-0.39, 0.29) is 17.2 Å². The van der Waals surface area contributed by atoms with Crippen molar-refractivity contribution in [3.8, 4) is 0 Å². The number of hydrogen-bond acceptors (Lipinski definition) is 2. The van der Waals surface area contributed by atoms with Crippen LogP contribution in [0.4, 0.5) is 5.69 Å². The predicted octanol–water partition coefficient (Wildman–Crippen LogP) is 3.44.